The second-order valence-corrected chi connectivity index (χ2v) is 8.54. The van der Waals surface area contributed by atoms with Crippen molar-refractivity contribution in [3.05, 3.63) is 66.2 Å². The van der Waals surface area contributed by atoms with Gasteiger partial charge in [-0.3, -0.25) is 4.79 Å². The van der Waals surface area contributed by atoms with Crippen molar-refractivity contribution in [2.45, 2.75) is 37.8 Å². The Morgan fingerprint density at radius 3 is 2.18 bits per heavy atom. The Morgan fingerprint density at radius 1 is 0.964 bits per heavy atom. The van der Waals surface area contributed by atoms with Gasteiger partial charge < -0.3 is 9.47 Å². The maximum atomic E-state index is 12.5. The zero-order valence-corrected chi connectivity index (χ0v) is 17.0. The highest BCUT2D eigenvalue weighted by atomic mass is 32.2. The van der Waals surface area contributed by atoms with E-state index in [1.165, 1.54) is 12.1 Å². The average molecular weight is 406 g/mol. The topological polar surface area (TPSA) is 81.7 Å². The number of hydrogen-bond acceptors (Lipinski definition) is 5. The lowest BCUT2D eigenvalue weighted by Gasteiger charge is -2.19. The molecule has 0 radical (unpaired) electrons. The molecule has 2 rings (SSSR count). The van der Waals surface area contributed by atoms with Gasteiger partial charge in [-0.05, 0) is 30.0 Å². The number of ether oxygens (including phenoxy) is 2. The number of carbonyl (C=O) groups excluding carboxylic acids is 1. The SMILES string of the molecule is CC(C)C[C@H](NS(=O)(=O)c1ccccc1)C(=O)OCCOCc1ccccc1. The lowest BCUT2D eigenvalue weighted by molar-refractivity contribution is -0.147. The molecule has 1 atom stereocenters. The molecule has 0 aliphatic carbocycles. The second kappa shape index (κ2) is 10.9. The summed E-state index contributed by atoms with van der Waals surface area (Å²) in [4.78, 5) is 12.5. The van der Waals surface area contributed by atoms with E-state index in [-0.39, 0.29) is 24.0 Å². The van der Waals surface area contributed by atoms with E-state index < -0.39 is 22.0 Å². The summed E-state index contributed by atoms with van der Waals surface area (Å²) in [6.45, 7) is 4.56. The van der Waals surface area contributed by atoms with E-state index in [1.54, 1.807) is 18.2 Å². The minimum Gasteiger partial charge on any atom is -0.462 e. The van der Waals surface area contributed by atoms with Gasteiger partial charge in [0.05, 0.1) is 18.1 Å². The van der Waals surface area contributed by atoms with Gasteiger partial charge in [-0.25, -0.2) is 8.42 Å². The van der Waals surface area contributed by atoms with Crippen LogP contribution in [0, 0.1) is 5.92 Å². The molecule has 7 heteroatoms. The monoisotopic (exact) mass is 405 g/mol. The van der Waals surface area contributed by atoms with Crippen molar-refractivity contribution in [2.75, 3.05) is 13.2 Å². The Balaban J connectivity index is 1.86. The highest BCUT2D eigenvalue weighted by Gasteiger charge is 2.27. The lowest BCUT2D eigenvalue weighted by Crippen LogP contribution is -2.42. The van der Waals surface area contributed by atoms with Crippen LogP contribution in [0.25, 0.3) is 0 Å². The highest BCUT2D eigenvalue weighted by molar-refractivity contribution is 7.89. The standard InChI is InChI=1S/C21H27NO5S/c1-17(2)15-20(22-28(24,25)19-11-7-4-8-12-19)21(23)27-14-13-26-16-18-9-5-3-6-10-18/h3-12,17,20,22H,13-16H2,1-2H3/t20-/m0/s1. The van der Waals surface area contributed by atoms with Crippen LogP contribution in [0.15, 0.2) is 65.6 Å². The van der Waals surface area contributed by atoms with Gasteiger partial charge in [0.25, 0.3) is 0 Å². The molecule has 0 aliphatic rings. The Bertz CT molecular complexity index is 822. The van der Waals surface area contributed by atoms with E-state index in [4.69, 9.17) is 9.47 Å². The van der Waals surface area contributed by atoms with Gasteiger partial charge in [0.15, 0.2) is 0 Å². The summed E-state index contributed by atoms with van der Waals surface area (Å²) in [6.07, 6.45) is 0.343. The van der Waals surface area contributed by atoms with Crippen molar-refractivity contribution < 1.29 is 22.7 Å². The smallest absolute Gasteiger partial charge is 0.324 e. The number of rotatable bonds is 11. The fourth-order valence-electron chi connectivity index (χ4n) is 2.58. The molecule has 2 aromatic rings. The third-order valence-electron chi connectivity index (χ3n) is 3.93. The molecule has 152 valence electrons. The van der Waals surface area contributed by atoms with Crippen LogP contribution in [-0.2, 0) is 30.9 Å². The van der Waals surface area contributed by atoms with Crippen molar-refractivity contribution in [2.24, 2.45) is 5.92 Å². The van der Waals surface area contributed by atoms with Crippen LogP contribution in [0.4, 0.5) is 0 Å². The van der Waals surface area contributed by atoms with Crippen molar-refractivity contribution in [1.82, 2.24) is 4.72 Å². The van der Waals surface area contributed by atoms with Crippen LogP contribution in [0.3, 0.4) is 0 Å². The van der Waals surface area contributed by atoms with E-state index in [9.17, 15) is 13.2 Å². The Hall–Kier alpha value is -2.22. The third-order valence-corrected chi connectivity index (χ3v) is 5.41. The first-order chi connectivity index (χ1) is 13.4. The van der Waals surface area contributed by atoms with E-state index in [0.29, 0.717) is 13.0 Å². The van der Waals surface area contributed by atoms with Crippen LogP contribution < -0.4 is 4.72 Å². The molecule has 6 nitrogen and oxygen atoms in total. The predicted molar refractivity (Wildman–Crippen MR) is 107 cm³/mol. The first-order valence-corrected chi connectivity index (χ1v) is 10.7. The molecule has 0 bridgehead atoms. The summed E-state index contributed by atoms with van der Waals surface area (Å²) in [6, 6.07) is 16.7. The number of nitrogens with one attached hydrogen (secondary N) is 1. The molecular weight excluding hydrogens is 378 g/mol. The number of hydrogen-bond donors (Lipinski definition) is 1. The van der Waals surface area contributed by atoms with Crippen LogP contribution >= 0.6 is 0 Å². The minimum atomic E-state index is -3.80. The molecule has 1 N–H and O–H groups in total. The molecule has 0 aliphatic heterocycles. The zero-order valence-electron chi connectivity index (χ0n) is 16.2. The maximum Gasteiger partial charge on any atom is 0.324 e. The molecule has 0 saturated heterocycles. The summed E-state index contributed by atoms with van der Waals surface area (Å²) in [7, 11) is -3.80. The first kappa shape index (κ1) is 22.1. The Morgan fingerprint density at radius 2 is 1.57 bits per heavy atom. The number of esters is 1. The van der Waals surface area contributed by atoms with Crippen LogP contribution in [0.2, 0.25) is 0 Å². The normalized spacial score (nSPS) is 12.7. The average Bonchev–Trinajstić information content (AvgIpc) is 2.68. The van der Waals surface area contributed by atoms with Gasteiger partial charge in [0, 0.05) is 0 Å². The Kier molecular flexibility index (Phi) is 8.63. The molecule has 0 amide bonds. The molecule has 0 unspecified atom stereocenters. The number of sulfonamides is 1. The van der Waals surface area contributed by atoms with E-state index >= 15 is 0 Å². The van der Waals surface area contributed by atoms with Crippen molar-refractivity contribution in [1.29, 1.82) is 0 Å². The highest BCUT2D eigenvalue weighted by Crippen LogP contribution is 2.13. The molecular formula is C21H27NO5S. The molecule has 0 aromatic heterocycles. The molecule has 2 aromatic carbocycles. The zero-order chi connectivity index (χ0) is 20.4. The molecule has 28 heavy (non-hydrogen) atoms. The quantitative estimate of drug-likeness (QED) is 0.459. The fraction of sp³-hybridized carbons (Fsp3) is 0.381. The second-order valence-electron chi connectivity index (χ2n) is 6.82. The third kappa shape index (κ3) is 7.42. The summed E-state index contributed by atoms with van der Waals surface area (Å²) in [5.74, 6) is -0.484. The van der Waals surface area contributed by atoms with Crippen molar-refractivity contribution in [3.8, 4) is 0 Å². The van der Waals surface area contributed by atoms with Crippen LogP contribution in [0.1, 0.15) is 25.8 Å². The largest absolute Gasteiger partial charge is 0.462 e. The van der Waals surface area contributed by atoms with Crippen molar-refractivity contribution in [3.63, 3.8) is 0 Å². The first-order valence-electron chi connectivity index (χ1n) is 9.24. The van der Waals surface area contributed by atoms with Crippen molar-refractivity contribution >= 4 is 16.0 Å². The van der Waals surface area contributed by atoms with E-state index in [2.05, 4.69) is 4.72 Å². The summed E-state index contributed by atoms with van der Waals surface area (Å²) >= 11 is 0. The van der Waals surface area contributed by atoms with Gasteiger partial charge in [-0.2, -0.15) is 4.72 Å². The van der Waals surface area contributed by atoms with Gasteiger partial charge in [-0.15, -0.1) is 0 Å². The van der Waals surface area contributed by atoms with Gasteiger partial charge in [-0.1, -0.05) is 62.4 Å². The molecule has 0 fully saturated rings. The molecule has 0 saturated carbocycles. The summed E-state index contributed by atoms with van der Waals surface area (Å²) in [5.41, 5.74) is 1.03. The summed E-state index contributed by atoms with van der Waals surface area (Å²) < 4.78 is 38.2. The van der Waals surface area contributed by atoms with E-state index in [1.807, 2.05) is 44.2 Å². The number of carbonyl (C=O) groups is 1. The van der Waals surface area contributed by atoms with Crippen LogP contribution in [0.5, 0.6) is 0 Å². The summed E-state index contributed by atoms with van der Waals surface area (Å²) in [5, 5.41) is 0. The maximum absolute atomic E-state index is 12.5. The minimum absolute atomic E-state index is 0.0628. The van der Waals surface area contributed by atoms with Gasteiger partial charge >= 0.3 is 5.97 Å². The lowest BCUT2D eigenvalue weighted by atomic mass is 10.1. The molecule has 0 spiro atoms. The fourth-order valence-corrected chi connectivity index (χ4v) is 3.80. The van der Waals surface area contributed by atoms with Gasteiger partial charge in [0.1, 0.15) is 12.6 Å². The Labute approximate surface area is 166 Å². The van der Waals surface area contributed by atoms with Gasteiger partial charge in [0.2, 0.25) is 10.0 Å². The van der Waals surface area contributed by atoms with Crippen LogP contribution in [-0.4, -0.2) is 33.6 Å². The number of benzene rings is 2. The van der Waals surface area contributed by atoms with E-state index in [0.717, 1.165) is 5.56 Å². The molecule has 0 heterocycles. The predicted octanol–water partition coefficient (Wildman–Crippen LogP) is 3.14.